The minimum atomic E-state index is 0.0517. The van der Waals surface area contributed by atoms with E-state index in [0.29, 0.717) is 18.1 Å². The molecule has 2 aromatic rings. The highest BCUT2D eigenvalue weighted by Gasteiger charge is 2.39. The minimum absolute atomic E-state index is 0.0517. The van der Waals surface area contributed by atoms with Gasteiger partial charge in [0, 0.05) is 28.6 Å². The molecular weight excluding hydrogens is 292 g/mol. The molecule has 0 aromatic heterocycles. The van der Waals surface area contributed by atoms with E-state index in [2.05, 4.69) is 35.1 Å². The average Bonchev–Trinajstić information content (AvgIpc) is 3.16. The van der Waals surface area contributed by atoms with Crippen molar-refractivity contribution in [2.45, 2.75) is 42.3 Å². The van der Waals surface area contributed by atoms with E-state index in [1.165, 1.54) is 23.1 Å². The van der Waals surface area contributed by atoms with Crippen LogP contribution in [0.1, 0.15) is 29.6 Å². The Morgan fingerprint density at radius 1 is 1.18 bits per heavy atom. The lowest BCUT2D eigenvalue weighted by Gasteiger charge is -2.21. The molecule has 0 radical (unpaired) electrons. The summed E-state index contributed by atoms with van der Waals surface area (Å²) in [5.74, 6) is 0.0517. The van der Waals surface area contributed by atoms with Gasteiger partial charge in [0.05, 0.1) is 0 Å². The molecule has 2 N–H and O–H groups in total. The maximum atomic E-state index is 12.5. The number of amides is 1. The van der Waals surface area contributed by atoms with Crippen molar-refractivity contribution in [3.05, 3.63) is 42.0 Å². The van der Waals surface area contributed by atoms with Crippen LogP contribution in [-0.4, -0.2) is 30.3 Å². The van der Waals surface area contributed by atoms with Gasteiger partial charge in [0.15, 0.2) is 0 Å². The van der Waals surface area contributed by atoms with Crippen molar-refractivity contribution in [3.63, 3.8) is 0 Å². The molecule has 2 aliphatic heterocycles. The van der Waals surface area contributed by atoms with E-state index in [9.17, 15) is 4.79 Å². The van der Waals surface area contributed by atoms with E-state index in [1.54, 1.807) is 11.8 Å². The van der Waals surface area contributed by atoms with Crippen molar-refractivity contribution < 1.29 is 4.79 Å². The molecule has 2 bridgehead atoms. The van der Waals surface area contributed by atoms with Crippen LogP contribution in [0.4, 0.5) is 0 Å². The number of fused-ring (bicyclic) bond motifs is 3. The van der Waals surface area contributed by atoms with Crippen molar-refractivity contribution in [3.8, 4) is 0 Å². The van der Waals surface area contributed by atoms with Gasteiger partial charge in [-0.15, -0.1) is 11.8 Å². The second-order valence-electron chi connectivity index (χ2n) is 6.29. The van der Waals surface area contributed by atoms with Gasteiger partial charge in [0.2, 0.25) is 0 Å². The van der Waals surface area contributed by atoms with Crippen LogP contribution in [-0.2, 0) is 0 Å². The summed E-state index contributed by atoms with van der Waals surface area (Å²) in [5, 5.41) is 9.08. The van der Waals surface area contributed by atoms with Gasteiger partial charge in [-0.25, -0.2) is 0 Å². The van der Waals surface area contributed by atoms with Crippen molar-refractivity contribution in [1.29, 1.82) is 0 Å². The number of rotatable bonds is 3. The number of hydrogen-bond acceptors (Lipinski definition) is 3. The van der Waals surface area contributed by atoms with E-state index in [1.807, 2.05) is 18.2 Å². The Bertz CT molecular complexity index is 730. The monoisotopic (exact) mass is 312 g/mol. The fourth-order valence-electron chi connectivity index (χ4n) is 3.73. The highest BCUT2D eigenvalue weighted by atomic mass is 32.2. The quantitative estimate of drug-likeness (QED) is 0.855. The Labute approximate surface area is 134 Å². The summed E-state index contributed by atoms with van der Waals surface area (Å²) in [5.41, 5.74) is 0.758. The Hall–Kier alpha value is -1.52. The van der Waals surface area contributed by atoms with Crippen LogP contribution in [0.25, 0.3) is 10.8 Å². The zero-order chi connectivity index (χ0) is 15.1. The molecule has 3 unspecified atom stereocenters. The number of thioether (sulfide) groups is 1. The fraction of sp³-hybridized carbons (Fsp3) is 0.389. The van der Waals surface area contributed by atoms with E-state index in [4.69, 9.17) is 0 Å². The second-order valence-corrected chi connectivity index (χ2v) is 7.17. The Morgan fingerprint density at radius 2 is 2.05 bits per heavy atom. The molecular formula is C18H20N2OS. The van der Waals surface area contributed by atoms with E-state index in [-0.39, 0.29) is 5.91 Å². The third kappa shape index (κ3) is 2.50. The Balaban J connectivity index is 1.56. The zero-order valence-corrected chi connectivity index (χ0v) is 13.5. The third-order valence-corrected chi connectivity index (χ3v) is 5.65. The third-order valence-electron chi connectivity index (χ3n) is 4.93. The second kappa shape index (κ2) is 5.60. The number of nitrogens with one attached hydrogen (secondary N) is 2. The molecule has 0 aliphatic carbocycles. The fourth-order valence-corrected chi connectivity index (χ4v) is 4.18. The zero-order valence-electron chi connectivity index (χ0n) is 12.6. The molecule has 1 amide bonds. The van der Waals surface area contributed by atoms with Crippen molar-refractivity contribution in [2.75, 3.05) is 6.26 Å². The normalized spacial score (nSPS) is 26.5. The first kappa shape index (κ1) is 14.1. The van der Waals surface area contributed by atoms with Gasteiger partial charge in [0.25, 0.3) is 5.91 Å². The predicted octanol–water partition coefficient (Wildman–Crippen LogP) is 3.18. The summed E-state index contributed by atoms with van der Waals surface area (Å²) in [6.45, 7) is 0. The van der Waals surface area contributed by atoms with Crippen LogP contribution in [0.3, 0.4) is 0 Å². The average molecular weight is 312 g/mol. The van der Waals surface area contributed by atoms with Crippen LogP contribution in [0.5, 0.6) is 0 Å². The van der Waals surface area contributed by atoms with Crippen molar-refractivity contribution in [2.24, 2.45) is 0 Å². The standard InChI is InChI=1S/C18H20N2OS/c1-22-15-6-4-11-2-3-12(8-13(11)9-15)18(21)20-17-10-14-5-7-16(17)19-14/h2-4,6,8-9,14,16-17,19H,5,7,10H2,1H3,(H,20,21). The summed E-state index contributed by atoms with van der Waals surface area (Å²) in [6.07, 6.45) is 5.58. The van der Waals surface area contributed by atoms with Crippen LogP contribution in [0.2, 0.25) is 0 Å². The van der Waals surface area contributed by atoms with E-state index >= 15 is 0 Å². The van der Waals surface area contributed by atoms with Crippen LogP contribution < -0.4 is 10.6 Å². The predicted molar refractivity (Wildman–Crippen MR) is 91.5 cm³/mol. The molecule has 0 saturated carbocycles. The molecule has 4 heteroatoms. The van der Waals surface area contributed by atoms with Gasteiger partial charge in [0.1, 0.15) is 0 Å². The first-order valence-electron chi connectivity index (χ1n) is 7.87. The largest absolute Gasteiger partial charge is 0.348 e. The summed E-state index contributed by atoms with van der Waals surface area (Å²) in [4.78, 5) is 13.8. The lowest BCUT2D eigenvalue weighted by atomic mass is 9.95. The summed E-state index contributed by atoms with van der Waals surface area (Å²) < 4.78 is 0. The molecule has 0 spiro atoms. The maximum absolute atomic E-state index is 12.5. The minimum Gasteiger partial charge on any atom is -0.348 e. The molecule has 22 heavy (non-hydrogen) atoms. The van der Waals surface area contributed by atoms with Crippen LogP contribution in [0, 0.1) is 0 Å². The summed E-state index contributed by atoms with van der Waals surface area (Å²) in [6, 6.07) is 13.7. The van der Waals surface area contributed by atoms with E-state index < -0.39 is 0 Å². The lowest BCUT2D eigenvalue weighted by molar-refractivity contribution is 0.0931. The highest BCUT2D eigenvalue weighted by Crippen LogP contribution is 2.28. The Morgan fingerprint density at radius 3 is 2.77 bits per heavy atom. The Kier molecular flexibility index (Phi) is 3.59. The van der Waals surface area contributed by atoms with Crippen molar-refractivity contribution >= 4 is 28.4 Å². The van der Waals surface area contributed by atoms with Gasteiger partial charge in [-0.2, -0.15) is 0 Å². The summed E-state index contributed by atoms with van der Waals surface area (Å²) >= 11 is 1.72. The number of carbonyl (C=O) groups excluding carboxylic acids is 1. The van der Waals surface area contributed by atoms with Crippen molar-refractivity contribution in [1.82, 2.24) is 10.6 Å². The number of carbonyl (C=O) groups is 1. The molecule has 3 nitrogen and oxygen atoms in total. The van der Waals surface area contributed by atoms with Crippen LogP contribution >= 0.6 is 11.8 Å². The number of hydrogen-bond donors (Lipinski definition) is 2. The SMILES string of the molecule is CSc1ccc2ccc(C(=O)NC3CC4CCC3N4)cc2c1. The first-order valence-corrected chi connectivity index (χ1v) is 9.10. The molecule has 2 aromatic carbocycles. The lowest BCUT2D eigenvalue weighted by Crippen LogP contribution is -2.42. The molecule has 2 aliphatic rings. The van der Waals surface area contributed by atoms with Gasteiger partial charge < -0.3 is 10.6 Å². The summed E-state index contributed by atoms with van der Waals surface area (Å²) in [7, 11) is 0. The topological polar surface area (TPSA) is 41.1 Å². The van der Waals surface area contributed by atoms with Gasteiger partial charge in [-0.3, -0.25) is 4.79 Å². The molecule has 114 valence electrons. The van der Waals surface area contributed by atoms with Crippen LogP contribution in [0.15, 0.2) is 41.3 Å². The molecule has 2 heterocycles. The smallest absolute Gasteiger partial charge is 0.251 e. The first-order chi connectivity index (χ1) is 10.7. The van der Waals surface area contributed by atoms with E-state index in [0.717, 1.165) is 17.4 Å². The molecule has 2 fully saturated rings. The van der Waals surface area contributed by atoms with Gasteiger partial charge in [-0.1, -0.05) is 12.1 Å². The van der Waals surface area contributed by atoms with Gasteiger partial charge >= 0.3 is 0 Å². The molecule has 2 saturated heterocycles. The highest BCUT2D eigenvalue weighted by molar-refractivity contribution is 7.98. The molecule has 3 atom stereocenters. The number of benzene rings is 2. The molecule has 4 rings (SSSR count). The van der Waals surface area contributed by atoms with Gasteiger partial charge in [-0.05, 0) is 60.6 Å². The maximum Gasteiger partial charge on any atom is 0.251 e.